The first kappa shape index (κ1) is 17.4. The second-order valence-corrected chi connectivity index (χ2v) is 6.97. The summed E-state index contributed by atoms with van der Waals surface area (Å²) in [5.41, 5.74) is 1.10. The lowest BCUT2D eigenvalue weighted by Gasteiger charge is -2.41. The van der Waals surface area contributed by atoms with Gasteiger partial charge in [-0.1, -0.05) is 0 Å². The number of ether oxygens (including phenoxy) is 1. The van der Waals surface area contributed by atoms with E-state index in [9.17, 15) is 9.59 Å². The predicted molar refractivity (Wildman–Crippen MR) is 94.9 cm³/mol. The third-order valence-electron chi connectivity index (χ3n) is 5.11. The second-order valence-electron chi connectivity index (χ2n) is 6.97. The average molecular weight is 370 g/mol. The third-order valence-corrected chi connectivity index (χ3v) is 5.11. The summed E-state index contributed by atoms with van der Waals surface area (Å²) < 4.78 is 6.95. The molecule has 27 heavy (non-hydrogen) atoms. The molecule has 2 aromatic rings. The fourth-order valence-electron chi connectivity index (χ4n) is 3.65. The summed E-state index contributed by atoms with van der Waals surface area (Å²) in [5, 5.41) is 3.05. The number of aromatic nitrogens is 4. The van der Waals surface area contributed by atoms with Crippen molar-refractivity contribution in [2.75, 3.05) is 7.11 Å². The zero-order chi connectivity index (χ0) is 19.0. The van der Waals surface area contributed by atoms with Crippen LogP contribution in [0.1, 0.15) is 47.9 Å². The van der Waals surface area contributed by atoms with Crippen LogP contribution in [0.5, 0.6) is 5.88 Å². The molecule has 0 spiro atoms. The Morgan fingerprint density at radius 3 is 2.70 bits per heavy atom. The molecule has 2 amide bonds. The maximum absolute atomic E-state index is 12.8. The summed E-state index contributed by atoms with van der Waals surface area (Å²) >= 11 is 0. The summed E-state index contributed by atoms with van der Waals surface area (Å²) in [4.78, 5) is 39.7. The molecule has 142 valence electrons. The van der Waals surface area contributed by atoms with Crippen molar-refractivity contribution in [3.63, 3.8) is 0 Å². The van der Waals surface area contributed by atoms with E-state index in [0.717, 1.165) is 18.5 Å². The van der Waals surface area contributed by atoms with Gasteiger partial charge in [-0.05, 0) is 19.3 Å². The Labute approximate surface area is 156 Å². The Kier molecular flexibility index (Phi) is 4.51. The largest absolute Gasteiger partial charge is 0.480 e. The van der Waals surface area contributed by atoms with Crippen LogP contribution in [0.2, 0.25) is 0 Å². The molecule has 0 radical (unpaired) electrons. The molecule has 1 N–H and O–H groups in total. The lowest BCUT2D eigenvalue weighted by Crippen LogP contribution is -2.53. The van der Waals surface area contributed by atoms with Gasteiger partial charge in [0.25, 0.3) is 5.91 Å². The molecule has 4 rings (SSSR count). The lowest BCUT2D eigenvalue weighted by molar-refractivity contribution is -0.138. The smallest absolute Gasteiger partial charge is 0.271 e. The van der Waals surface area contributed by atoms with Crippen molar-refractivity contribution in [3.05, 3.63) is 36.3 Å². The number of hydrogen-bond donors (Lipinski definition) is 1. The molecule has 1 aliphatic heterocycles. The molecule has 1 saturated heterocycles. The Bertz CT molecular complexity index is 862. The van der Waals surface area contributed by atoms with Gasteiger partial charge in [0.05, 0.1) is 49.8 Å². The van der Waals surface area contributed by atoms with Gasteiger partial charge >= 0.3 is 0 Å². The minimum Gasteiger partial charge on any atom is -0.480 e. The Morgan fingerprint density at radius 2 is 2.04 bits per heavy atom. The number of nitrogens with one attached hydrogen (secondary N) is 1. The maximum atomic E-state index is 12.8. The number of likely N-dealkylation sites (tertiary alicyclic amines) is 1. The summed E-state index contributed by atoms with van der Waals surface area (Å²) in [6.45, 7) is 0. The maximum Gasteiger partial charge on any atom is 0.271 e. The minimum atomic E-state index is -0.330. The van der Waals surface area contributed by atoms with E-state index in [1.807, 2.05) is 16.5 Å². The van der Waals surface area contributed by atoms with E-state index in [4.69, 9.17) is 4.74 Å². The van der Waals surface area contributed by atoms with Crippen molar-refractivity contribution in [2.45, 2.75) is 43.8 Å². The van der Waals surface area contributed by atoms with E-state index < -0.39 is 0 Å². The first-order chi connectivity index (χ1) is 13.1. The van der Waals surface area contributed by atoms with Gasteiger partial charge in [0.15, 0.2) is 0 Å². The minimum absolute atomic E-state index is 0.135. The molecule has 0 unspecified atom stereocenters. The van der Waals surface area contributed by atoms with Gasteiger partial charge in [0, 0.05) is 19.5 Å². The first-order valence-electron chi connectivity index (χ1n) is 9.02. The highest BCUT2D eigenvalue weighted by Crippen LogP contribution is 2.40. The Balaban J connectivity index is 1.62. The zero-order valence-electron chi connectivity index (χ0n) is 15.3. The van der Waals surface area contributed by atoms with Crippen molar-refractivity contribution in [3.8, 4) is 5.88 Å². The van der Waals surface area contributed by atoms with Crippen LogP contribution >= 0.6 is 0 Å². The molecular formula is C18H22N6O3. The fraction of sp³-hybridized carbons (Fsp3) is 0.500. The van der Waals surface area contributed by atoms with Crippen LogP contribution in [-0.4, -0.2) is 55.4 Å². The zero-order valence-corrected chi connectivity index (χ0v) is 15.3. The summed E-state index contributed by atoms with van der Waals surface area (Å²) in [6, 6.07) is -0.221. The molecule has 2 aromatic heterocycles. The number of methoxy groups -OCH3 is 1. The number of nitrogens with zero attached hydrogens (tertiary/aromatic N) is 5. The number of piperidine rings is 1. The van der Waals surface area contributed by atoms with Crippen molar-refractivity contribution < 1.29 is 14.3 Å². The second kappa shape index (κ2) is 6.98. The van der Waals surface area contributed by atoms with Gasteiger partial charge in [-0.25, -0.2) is 9.97 Å². The highest BCUT2D eigenvalue weighted by atomic mass is 16.5. The number of aryl methyl sites for hydroxylation is 1. The van der Waals surface area contributed by atoms with Crippen LogP contribution in [0.3, 0.4) is 0 Å². The van der Waals surface area contributed by atoms with E-state index >= 15 is 0 Å². The fourth-order valence-corrected chi connectivity index (χ4v) is 3.65. The number of hydrogen-bond acceptors (Lipinski definition) is 6. The van der Waals surface area contributed by atoms with Crippen LogP contribution in [0.25, 0.3) is 0 Å². The lowest BCUT2D eigenvalue weighted by atomic mass is 9.92. The van der Waals surface area contributed by atoms with Crippen LogP contribution in [-0.2, 0) is 11.8 Å². The normalized spacial score (nSPS) is 22.6. The molecule has 0 aromatic carbocycles. The van der Waals surface area contributed by atoms with Crippen LogP contribution < -0.4 is 10.1 Å². The van der Waals surface area contributed by atoms with Gasteiger partial charge in [-0.3, -0.25) is 14.6 Å². The number of carbonyl (C=O) groups excluding carboxylic acids is 2. The predicted octanol–water partition coefficient (Wildman–Crippen LogP) is 0.843. The third kappa shape index (κ3) is 3.36. The van der Waals surface area contributed by atoms with Crippen molar-refractivity contribution in [1.29, 1.82) is 0 Å². The van der Waals surface area contributed by atoms with Crippen molar-refractivity contribution in [1.82, 2.24) is 29.7 Å². The van der Waals surface area contributed by atoms with E-state index in [0.29, 0.717) is 12.8 Å². The number of carbonyl (C=O) groups is 2. The number of imidazole rings is 1. The van der Waals surface area contributed by atoms with E-state index in [1.54, 1.807) is 12.5 Å². The van der Waals surface area contributed by atoms with Crippen LogP contribution in [0.15, 0.2) is 24.9 Å². The van der Waals surface area contributed by atoms with E-state index in [-0.39, 0.29) is 41.5 Å². The van der Waals surface area contributed by atoms with Crippen LogP contribution in [0.4, 0.5) is 0 Å². The summed E-state index contributed by atoms with van der Waals surface area (Å²) in [6.07, 6.45) is 9.33. The summed E-state index contributed by atoms with van der Waals surface area (Å²) in [7, 11) is 3.38. The molecule has 9 nitrogen and oxygen atoms in total. The molecule has 3 heterocycles. The first-order valence-corrected chi connectivity index (χ1v) is 9.02. The molecule has 2 atom stereocenters. The van der Waals surface area contributed by atoms with Crippen molar-refractivity contribution >= 4 is 11.8 Å². The molecular weight excluding hydrogens is 348 g/mol. The van der Waals surface area contributed by atoms with E-state index in [2.05, 4.69) is 20.3 Å². The van der Waals surface area contributed by atoms with Gasteiger partial charge in [0.1, 0.15) is 5.69 Å². The molecule has 1 saturated carbocycles. The van der Waals surface area contributed by atoms with Gasteiger partial charge in [0.2, 0.25) is 11.8 Å². The summed E-state index contributed by atoms with van der Waals surface area (Å²) in [5.74, 6) is 0.0864. The molecule has 2 fully saturated rings. The average Bonchev–Trinajstić information content (AvgIpc) is 3.43. The van der Waals surface area contributed by atoms with Gasteiger partial charge < -0.3 is 19.5 Å². The quantitative estimate of drug-likeness (QED) is 0.837. The highest BCUT2D eigenvalue weighted by molar-refractivity contribution is 5.92. The Morgan fingerprint density at radius 1 is 1.22 bits per heavy atom. The molecule has 2 aliphatic rings. The number of rotatable bonds is 5. The highest BCUT2D eigenvalue weighted by Gasteiger charge is 2.45. The van der Waals surface area contributed by atoms with Crippen LogP contribution in [0, 0.1) is 0 Å². The SMILES string of the molecule is COc1cncc(C(=O)N[C@@H]2CCC(=O)N(C3CC3)[C@H]2c2cncn2C)n1. The Hall–Kier alpha value is -2.97. The molecule has 1 aliphatic carbocycles. The topological polar surface area (TPSA) is 102 Å². The monoisotopic (exact) mass is 370 g/mol. The molecule has 9 heteroatoms. The molecule has 0 bridgehead atoms. The number of amides is 2. The standard InChI is InChI=1S/C18H22N6O3/c1-23-10-20-8-14(23)17-12(5-6-16(25)24(17)11-3-4-11)22-18(26)13-7-19-9-15(21-13)27-2/h7-12,17H,3-6H2,1-2H3,(H,22,26)/t12-,17-/m1/s1. The van der Waals surface area contributed by atoms with Crippen molar-refractivity contribution in [2.24, 2.45) is 7.05 Å². The van der Waals surface area contributed by atoms with Gasteiger partial charge in [-0.2, -0.15) is 0 Å². The van der Waals surface area contributed by atoms with E-state index in [1.165, 1.54) is 19.5 Å². The van der Waals surface area contributed by atoms with Gasteiger partial charge in [-0.15, -0.1) is 0 Å².